The first-order chi connectivity index (χ1) is 7.50. The Labute approximate surface area is 94.1 Å². The van der Waals surface area contributed by atoms with Gasteiger partial charge in [0, 0.05) is 19.0 Å². The van der Waals surface area contributed by atoms with E-state index in [9.17, 15) is 4.39 Å². The van der Waals surface area contributed by atoms with Crippen molar-refractivity contribution in [2.24, 2.45) is 12.8 Å². The second-order valence-corrected chi connectivity index (χ2v) is 4.31. The number of aryl methyl sites for hydroxylation is 1. The van der Waals surface area contributed by atoms with E-state index in [0.29, 0.717) is 0 Å². The fourth-order valence-corrected chi connectivity index (χ4v) is 1.82. The van der Waals surface area contributed by atoms with Crippen molar-refractivity contribution in [3.8, 4) is 0 Å². The van der Waals surface area contributed by atoms with Crippen LogP contribution in [0.4, 0.5) is 4.39 Å². The molecule has 3 nitrogen and oxygen atoms in total. The minimum absolute atomic E-state index is 0.0281. The quantitative estimate of drug-likeness (QED) is 0.844. The van der Waals surface area contributed by atoms with Crippen LogP contribution in [0.15, 0.2) is 18.2 Å². The van der Waals surface area contributed by atoms with Gasteiger partial charge < -0.3 is 10.3 Å². The van der Waals surface area contributed by atoms with Crippen molar-refractivity contribution in [1.29, 1.82) is 0 Å². The van der Waals surface area contributed by atoms with E-state index in [1.165, 1.54) is 12.1 Å². The number of halogens is 1. The van der Waals surface area contributed by atoms with Gasteiger partial charge in [-0.25, -0.2) is 9.37 Å². The van der Waals surface area contributed by atoms with Crippen molar-refractivity contribution in [1.82, 2.24) is 9.55 Å². The molecule has 0 saturated heterocycles. The average molecular weight is 221 g/mol. The number of hydrogen-bond acceptors (Lipinski definition) is 2. The zero-order valence-corrected chi connectivity index (χ0v) is 9.74. The molecule has 16 heavy (non-hydrogen) atoms. The SMILES string of the molecule is CC(N)C(C)c1nc2ccc(F)cc2n1C. The molecule has 86 valence electrons. The number of hydrogen-bond donors (Lipinski definition) is 1. The fourth-order valence-electron chi connectivity index (χ4n) is 1.82. The standard InChI is InChI=1S/C12H16FN3/c1-7(8(2)14)12-15-10-5-4-9(13)6-11(10)16(12)3/h4-8H,14H2,1-3H3. The predicted octanol–water partition coefficient (Wildman–Crippen LogP) is 2.16. The molecule has 0 aliphatic carbocycles. The monoisotopic (exact) mass is 221 g/mol. The van der Waals surface area contributed by atoms with Crippen LogP contribution in [0.1, 0.15) is 25.6 Å². The van der Waals surface area contributed by atoms with E-state index in [-0.39, 0.29) is 17.8 Å². The highest BCUT2D eigenvalue weighted by molar-refractivity contribution is 5.76. The third-order valence-corrected chi connectivity index (χ3v) is 3.07. The molecular formula is C12H16FN3. The Balaban J connectivity index is 2.60. The molecule has 2 atom stereocenters. The van der Waals surface area contributed by atoms with Crippen molar-refractivity contribution in [3.63, 3.8) is 0 Å². The maximum Gasteiger partial charge on any atom is 0.125 e. The van der Waals surface area contributed by atoms with Crippen LogP contribution < -0.4 is 5.73 Å². The summed E-state index contributed by atoms with van der Waals surface area (Å²) < 4.78 is 15.0. The van der Waals surface area contributed by atoms with Crippen LogP contribution in [-0.4, -0.2) is 15.6 Å². The second-order valence-electron chi connectivity index (χ2n) is 4.31. The first kappa shape index (κ1) is 11.1. The van der Waals surface area contributed by atoms with E-state index in [2.05, 4.69) is 4.98 Å². The van der Waals surface area contributed by atoms with Crippen molar-refractivity contribution < 1.29 is 4.39 Å². The minimum atomic E-state index is -0.240. The summed E-state index contributed by atoms with van der Waals surface area (Å²) in [5.74, 6) is 0.812. The van der Waals surface area contributed by atoms with Crippen LogP contribution in [-0.2, 0) is 7.05 Å². The van der Waals surface area contributed by atoms with Crippen LogP contribution in [0.5, 0.6) is 0 Å². The van der Waals surface area contributed by atoms with E-state index in [1.54, 1.807) is 6.07 Å². The molecule has 0 spiro atoms. The van der Waals surface area contributed by atoms with Crippen LogP contribution >= 0.6 is 0 Å². The Hall–Kier alpha value is -1.42. The number of nitrogens with two attached hydrogens (primary N) is 1. The smallest absolute Gasteiger partial charge is 0.125 e. The van der Waals surface area contributed by atoms with Crippen LogP contribution in [0, 0.1) is 5.82 Å². The summed E-state index contributed by atoms with van der Waals surface area (Å²) >= 11 is 0. The van der Waals surface area contributed by atoms with Gasteiger partial charge in [-0.05, 0) is 25.1 Å². The van der Waals surface area contributed by atoms with Gasteiger partial charge in [0.1, 0.15) is 11.6 Å². The zero-order valence-electron chi connectivity index (χ0n) is 9.74. The highest BCUT2D eigenvalue weighted by Crippen LogP contribution is 2.22. The Morgan fingerprint density at radius 2 is 2.06 bits per heavy atom. The van der Waals surface area contributed by atoms with Crippen molar-refractivity contribution >= 4 is 11.0 Å². The van der Waals surface area contributed by atoms with E-state index in [1.807, 2.05) is 25.5 Å². The molecule has 2 unspecified atom stereocenters. The molecule has 1 aromatic carbocycles. The third kappa shape index (κ3) is 1.69. The normalized spacial score (nSPS) is 15.3. The summed E-state index contributed by atoms with van der Waals surface area (Å²) in [4.78, 5) is 4.49. The molecule has 0 fully saturated rings. The molecule has 0 aliphatic heterocycles. The van der Waals surface area contributed by atoms with Crippen LogP contribution in [0.25, 0.3) is 11.0 Å². The lowest BCUT2D eigenvalue weighted by atomic mass is 10.0. The van der Waals surface area contributed by atoms with Crippen molar-refractivity contribution in [3.05, 3.63) is 29.8 Å². The molecule has 2 rings (SSSR count). The number of aromatic nitrogens is 2. The molecule has 4 heteroatoms. The fraction of sp³-hybridized carbons (Fsp3) is 0.417. The van der Waals surface area contributed by atoms with Gasteiger partial charge in [0.25, 0.3) is 0 Å². The van der Waals surface area contributed by atoms with Crippen molar-refractivity contribution in [2.75, 3.05) is 0 Å². The number of fused-ring (bicyclic) bond motifs is 1. The maximum atomic E-state index is 13.1. The Bertz CT molecular complexity index is 516. The lowest BCUT2D eigenvalue weighted by Gasteiger charge is -2.14. The van der Waals surface area contributed by atoms with Gasteiger partial charge in [0.15, 0.2) is 0 Å². The molecule has 2 aromatic rings. The average Bonchev–Trinajstić information content (AvgIpc) is 2.55. The second kappa shape index (κ2) is 3.87. The summed E-state index contributed by atoms with van der Waals surface area (Å²) in [7, 11) is 1.89. The lowest BCUT2D eigenvalue weighted by molar-refractivity contribution is 0.565. The van der Waals surface area contributed by atoms with E-state index in [4.69, 9.17) is 5.73 Å². The zero-order chi connectivity index (χ0) is 11.9. The Morgan fingerprint density at radius 3 is 2.69 bits per heavy atom. The van der Waals surface area contributed by atoms with Gasteiger partial charge in [-0.2, -0.15) is 0 Å². The van der Waals surface area contributed by atoms with E-state index >= 15 is 0 Å². The molecule has 2 N–H and O–H groups in total. The van der Waals surface area contributed by atoms with Crippen molar-refractivity contribution in [2.45, 2.75) is 25.8 Å². The van der Waals surface area contributed by atoms with Gasteiger partial charge in [-0.15, -0.1) is 0 Å². The molecule has 1 heterocycles. The van der Waals surface area contributed by atoms with E-state index < -0.39 is 0 Å². The molecule has 0 bridgehead atoms. The molecule has 0 radical (unpaired) electrons. The summed E-state index contributed by atoms with van der Waals surface area (Å²) in [6.07, 6.45) is 0. The minimum Gasteiger partial charge on any atom is -0.331 e. The highest BCUT2D eigenvalue weighted by Gasteiger charge is 2.17. The Kier molecular flexibility index (Phi) is 2.68. The van der Waals surface area contributed by atoms with Gasteiger partial charge in [-0.3, -0.25) is 0 Å². The Morgan fingerprint density at radius 1 is 1.38 bits per heavy atom. The molecule has 1 aromatic heterocycles. The predicted molar refractivity (Wildman–Crippen MR) is 62.7 cm³/mol. The van der Waals surface area contributed by atoms with Crippen LogP contribution in [0.3, 0.4) is 0 Å². The van der Waals surface area contributed by atoms with Gasteiger partial charge >= 0.3 is 0 Å². The number of rotatable bonds is 2. The van der Waals surface area contributed by atoms with E-state index in [0.717, 1.165) is 16.9 Å². The first-order valence-electron chi connectivity index (χ1n) is 5.38. The van der Waals surface area contributed by atoms with Crippen LogP contribution in [0.2, 0.25) is 0 Å². The lowest BCUT2D eigenvalue weighted by Crippen LogP contribution is -2.24. The van der Waals surface area contributed by atoms with Gasteiger partial charge in [0.05, 0.1) is 11.0 Å². The van der Waals surface area contributed by atoms with Gasteiger partial charge in [-0.1, -0.05) is 6.92 Å². The summed E-state index contributed by atoms with van der Waals surface area (Å²) in [6, 6.07) is 4.65. The molecule has 0 aliphatic rings. The molecular weight excluding hydrogens is 205 g/mol. The number of imidazole rings is 1. The maximum absolute atomic E-state index is 13.1. The third-order valence-electron chi connectivity index (χ3n) is 3.07. The summed E-state index contributed by atoms with van der Waals surface area (Å²) in [5.41, 5.74) is 7.48. The topological polar surface area (TPSA) is 43.8 Å². The largest absolute Gasteiger partial charge is 0.331 e. The number of nitrogens with zero attached hydrogens (tertiary/aromatic N) is 2. The molecule has 0 amide bonds. The molecule has 0 saturated carbocycles. The highest BCUT2D eigenvalue weighted by atomic mass is 19.1. The number of benzene rings is 1. The summed E-state index contributed by atoms with van der Waals surface area (Å²) in [5, 5.41) is 0. The summed E-state index contributed by atoms with van der Waals surface area (Å²) in [6.45, 7) is 3.98. The van der Waals surface area contributed by atoms with Gasteiger partial charge in [0.2, 0.25) is 0 Å². The first-order valence-corrected chi connectivity index (χ1v) is 5.38.